The van der Waals surface area contributed by atoms with Gasteiger partial charge in [0.25, 0.3) is 0 Å². The third-order valence-corrected chi connectivity index (χ3v) is 3.41. The van der Waals surface area contributed by atoms with Crippen molar-refractivity contribution in [3.63, 3.8) is 0 Å². The van der Waals surface area contributed by atoms with Gasteiger partial charge in [0.05, 0.1) is 6.61 Å². The summed E-state index contributed by atoms with van der Waals surface area (Å²) in [6.45, 7) is -0.467. The van der Waals surface area contributed by atoms with Crippen LogP contribution in [0, 0.1) is 0 Å². The van der Waals surface area contributed by atoms with E-state index in [2.05, 4.69) is 15.9 Å². The molecule has 0 aliphatic carbocycles. The molecule has 0 aliphatic heterocycles. The zero-order valence-corrected chi connectivity index (χ0v) is 9.53. The molecule has 0 amide bonds. The summed E-state index contributed by atoms with van der Waals surface area (Å²) >= 11 is 4.93. The smallest absolute Gasteiger partial charge is 0.148 e. The highest BCUT2D eigenvalue weighted by Crippen LogP contribution is 2.29. The first-order valence-corrected chi connectivity index (χ1v) is 5.79. The Morgan fingerprint density at radius 2 is 2.31 bits per heavy atom. The Hall–Kier alpha value is -0.0600. The second-order valence-corrected chi connectivity index (χ2v) is 4.25. The molecule has 0 saturated heterocycles. The molecule has 4 heteroatoms. The van der Waals surface area contributed by atoms with Crippen LogP contribution in [-0.4, -0.2) is 18.0 Å². The molecule has 0 saturated carbocycles. The largest absolute Gasteiger partial charge is 0.393 e. The highest BCUT2D eigenvalue weighted by Gasteiger charge is 2.09. The van der Waals surface area contributed by atoms with Gasteiger partial charge in [-0.05, 0) is 39.9 Å². The monoisotopic (exact) mass is 264 g/mol. The van der Waals surface area contributed by atoms with Gasteiger partial charge in [0.15, 0.2) is 0 Å². The number of rotatable bonds is 3. The molecule has 0 bridgehead atoms. The third kappa shape index (κ3) is 2.69. The van der Waals surface area contributed by atoms with Crippen molar-refractivity contribution in [3.05, 3.63) is 28.2 Å². The van der Waals surface area contributed by atoms with Crippen LogP contribution in [-0.2, 0) is 0 Å². The number of benzene rings is 1. The average molecular weight is 265 g/mol. The summed E-state index contributed by atoms with van der Waals surface area (Å²) in [5.74, 6) is 0. The second kappa shape index (κ2) is 4.98. The van der Waals surface area contributed by atoms with Gasteiger partial charge >= 0.3 is 0 Å². The molecular formula is C9H10BrFOS. The van der Waals surface area contributed by atoms with E-state index < -0.39 is 12.8 Å². The minimum absolute atomic E-state index is 0.467. The summed E-state index contributed by atoms with van der Waals surface area (Å²) in [7, 11) is 0. The van der Waals surface area contributed by atoms with Crippen molar-refractivity contribution < 1.29 is 9.50 Å². The molecule has 1 atom stereocenters. The van der Waals surface area contributed by atoms with Crippen LogP contribution in [0.2, 0.25) is 0 Å². The number of halogens is 2. The van der Waals surface area contributed by atoms with E-state index in [1.54, 1.807) is 23.9 Å². The highest BCUT2D eigenvalue weighted by atomic mass is 79.9. The summed E-state index contributed by atoms with van der Waals surface area (Å²) in [6.07, 6.45) is 0.672. The van der Waals surface area contributed by atoms with E-state index in [0.29, 0.717) is 5.56 Å². The van der Waals surface area contributed by atoms with Crippen molar-refractivity contribution in [2.75, 3.05) is 12.9 Å². The van der Waals surface area contributed by atoms with Gasteiger partial charge in [-0.15, -0.1) is 11.8 Å². The summed E-state index contributed by atoms with van der Waals surface area (Å²) in [5, 5.41) is 8.61. The van der Waals surface area contributed by atoms with Gasteiger partial charge in [0.1, 0.15) is 6.17 Å². The molecule has 0 radical (unpaired) electrons. The Kier molecular flexibility index (Phi) is 4.22. The van der Waals surface area contributed by atoms with Gasteiger partial charge in [0, 0.05) is 9.37 Å². The van der Waals surface area contributed by atoms with Gasteiger partial charge < -0.3 is 5.11 Å². The molecule has 72 valence electrons. The molecule has 0 heterocycles. The van der Waals surface area contributed by atoms with Crippen LogP contribution in [0.1, 0.15) is 11.7 Å². The van der Waals surface area contributed by atoms with Crippen LogP contribution in [0.5, 0.6) is 0 Å². The molecule has 1 nitrogen and oxygen atoms in total. The van der Waals surface area contributed by atoms with Crippen LogP contribution in [0.3, 0.4) is 0 Å². The Labute approximate surface area is 89.5 Å². The van der Waals surface area contributed by atoms with Crippen LogP contribution < -0.4 is 0 Å². The molecule has 0 fully saturated rings. The van der Waals surface area contributed by atoms with Crippen molar-refractivity contribution in [1.82, 2.24) is 0 Å². The van der Waals surface area contributed by atoms with E-state index in [4.69, 9.17) is 5.11 Å². The van der Waals surface area contributed by atoms with Gasteiger partial charge in [-0.2, -0.15) is 0 Å². The second-order valence-electron chi connectivity index (χ2n) is 2.54. The summed E-state index contributed by atoms with van der Waals surface area (Å²) in [5.41, 5.74) is 0.507. The van der Waals surface area contributed by atoms with Gasteiger partial charge in [-0.25, -0.2) is 4.39 Å². The SMILES string of the molecule is CSc1ccc(C(F)CO)cc1Br. The van der Waals surface area contributed by atoms with E-state index in [9.17, 15) is 4.39 Å². The average Bonchev–Trinajstić information content (AvgIpc) is 2.16. The van der Waals surface area contributed by atoms with E-state index in [1.807, 2.05) is 12.3 Å². The van der Waals surface area contributed by atoms with Gasteiger partial charge in [0.2, 0.25) is 0 Å². The molecule has 1 unspecified atom stereocenters. The van der Waals surface area contributed by atoms with E-state index in [0.717, 1.165) is 9.37 Å². The fourth-order valence-electron chi connectivity index (χ4n) is 0.983. The van der Waals surface area contributed by atoms with E-state index >= 15 is 0 Å². The normalized spacial score (nSPS) is 12.9. The minimum atomic E-state index is -1.28. The first-order valence-electron chi connectivity index (χ1n) is 3.77. The number of hydrogen-bond donors (Lipinski definition) is 1. The molecule has 0 aromatic heterocycles. The highest BCUT2D eigenvalue weighted by molar-refractivity contribution is 9.10. The van der Waals surface area contributed by atoms with Crippen molar-refractivity contribution in [2.45, 2.75) is 11.1 Å². The fourth-order valence-corrected chi connectivity index (χ4v) is 2.32. The topological polar surface area (TPSA) is 20.2 Å². The Bertz CT molecular complexity index is 293. The Morgan fingerprint density at radius 3 is 2.77 bits per heavy atom. The molecular weight excluding hydrogens is 255 g/mol. The van der Waals surface area contributed by atoms with Crippen molar-refractivity contribution in [1.29, 1.82) is 0 Å². The van der Waals surface area contributed by atoms with Crippen LogP contribution in [0.4, 0.5) is 4.39 Å². The summed E-state index contributed by atoms with van der Waals surface area (Å²) < 4.78 is 13.9. The van der Waals surface area contributed by atoms with Gasteiger partial charge in [-0.3, -0.25) is 0 Å². The zero-order chi connectivity index (χ0) is 9.84. The molecule has 1 N–H and O–H groups in total. The van der Waals surface area contributed by atoms with Crippen molar-refractivity contribution >= 4 is 27.7 Å². The number of hydrogen-bond acceptors (Lipinski definition) is 2. The van der Waals surface area contributed by atoms with E-state index in [1.165, 1.54) is 0 Å². The fraction of sp³-hybridized carbons (Fsp3) is 0.333. The first kappa shape index (κ1) is 11.0. The molecule has 13 heavy (non-hydrogen) atoms. The third-order valence-electron chi connectivity index (χ3n) is 1.70. The number of thioether (sulfide) groups is 1. The van der Waals surface area contributed by atoms with Crippen LogP contribution >= 0.6 is 27.7 Å². The maximum absolute atomic E-state index is 13.0. The number of aliphatic hydroxyl groups is 1. The lowest BCUT2D eigenvalue weighted by atomic mass is 10.1. The maximum atomic E-state index is 13.0. The number of aliphatic hydroxyl groups excluding tert-OH is 1. The van der Waals surface area contributed by atoms with Crippen LogP contribution in [0.15, 0.2) is 27.6 Å². The summed E-state index contributed by atoms with van der Waals surface area (Å²) in [6, 6.07) is 5.23. The van der Waals surface area contributed by atoms with Gasteiger partial charge in [-0.1, -0.05) is 6.07 Å². The Morgan fingerprint density at radius 1 is 1.62 bits per heavy atom. The van der Waals surface area contributed by atoms with E-state index in [-0.39, 0.29) is 0 Å². The molecule has 1 rings (SSSR count). The molecule has 1 aromatic rings. The number of alkyl halides is 1. The predicted molar refractivity (Wildman–Crippen MR) is 56.9 cm³/mol. The standard InChI is InChI=1S/C9H10BrFOS/c1-13-9-3-2-6(4-7(9)10)8(11)5-12/h2-4,8,12H,5H2,1H3. The van der Waals surface area contributed by atoms with Crippen molar-refractivity contribution in [2.24, 2.45) is 0 Å². The zero-order valence-electron chi connectivity index (χ0n) is 7.13. The Balaban J connectivity index is 2.95. The van der Waals surface area contributed by atoms with Crippen LogP contribution in [0.25, 0.3) is 0 Å². The quantitative estimate of drug-likeness (QED) is 0.847. The lowest BCUT2D eigenvalue weighted by Crippen LogP contribution is -1.96. The lowest BCUT2D eigenvalue weighted by molar-refractivity contribution is 0.180. The van der Waals surface area contributed by atoms with Crippen molar-refractivity contribution in [3.8, 4) is 0 Å². The lowest BCUT2D eigenvalue weighted by Gasteiger charge is -2.07. The summed E-state index contributed by atoms with van der Waals surface area (Å²) in [4.78, 5) is 1.06. The molecule has 0 aliphatic rings. The minimum Gasteiger partial charge on any atom is -0.393 e. The molecule has 0 spiro atoms. The predicted octanol–water partition coefficient (Wildman–Crippen LogP) is 3.17. The molecule has 1 aromatic carbocycles. The first-order chi connectivity index (χ1) is 6.19. The maximum Gasteiger partial charge on any atom is 0.148 e.